The van der Waals surface area contributed by atoms with Gasteiger partial charge in [-0.1, -0.05) is 38.5 Å². The summed E-state index contributed by atoms with van der Waals surface area (Å²) < 4.78 is 52.4. The summed E-state index contributed by atoms with van der Waals surface area (Å²) in [5.74, 6) is -3.86. The van der Waals surface area contributed by atoms with Gasteiger partial charge in [0.05, 0.1) is 62.8 Å². The van der Waals surface area contributed by atoms with Crippen LogP contribution in [0.4, 0.5) is 9.59 Å². The van der Waals surface area contributed by atoms with Gasteiger partial charge in [-0.3, -0.25) is 9.59 Å². The third kappa shape index (κ3) is 15.6. The molecule has 2 saturated heterocycles. The van der Waals surface area contributed by atoms with Crippen molar-refractivity contribution in [3.8, 4) is 0 Å². The average molecular weight is 932 g/mol. The maximum atomic E-state index is 14.0. The number of aliphatic hydroxyl groups excluding tert-OH is 4. The quantitative estimate of drug-likeness (QED) is 0.0953. The lowest BCUT2D eigenvalue weighted by molar-refractivity contribution is -0.304. The van der Waals surface area contributed by atoms with E-state index in [1.165, 1.54) is 20.3 Å². The van der Waals surface area contributed by atoms with E-state index in [2.05, 4.69) is 5.43 Å². The van der Waals surface area contributed by atoms with E-state index in [0.717, 1.165) is 5.01 Å². The molecule has 2 amide bonds. The highest BCUT2D eigenvalue weighted by Crippen LogP contribution is 2.35. The van der Waals surface area contributed by atoms with Crippen LogP contribution in [0, 0.1) is 23.7 Å². The van der Waals surface area contributed by atoms with Crippen LogP contribution in [0.2, 0.25) is 0 Å². The van der Waals surface area contributed by atoms with E-state index in [1.807, 2.05) is 13.0 Å². The van der Waals surface area contributed by atoms with Gasteiger partial charge in [-0.25, -0.2) is 20.0 Å². The van der Waals surface area contributed by atoms with E-state index in [9.17, 15) is 39.6 Å². The number of methoxy groups -OCH3 is 2. The van der Waals surface area contributed by atoms with Crippen LogP contribution in [0.3, 0.4) is 0 Å². The fraction of sp³-hybridized carbons (Fsp3) is 0.822. The van der Waals surface area contributed by atoms with Crippen LogP contribution in [0.1, 0.15) is 81.1 Å². The molecule has 0 saturated carbocycles. The van der Waals surface area contributed by atoms with E-state index >= 15 is 0 Å². The van der Waals surface area contributed by atoms with Gasteiger partial charge in [0, 0.05) is 38.5 Å². The zero-order chi connectivity index (χ0) is 48.7. The second kappa shape index (κ2) is 26.9. The van der Waals surface area contributed by atoms with Crippen molar-refractivity contribution in [1.82, 2.24) is 15.3 Å². The molecule has 374 valence electrons. The number of carbonyl (C=O) groups is 4. The molecule has 0 aromatic heterocycles. The maximum absolute atomic E-state index is 14.0. The lowest BCUT2D eigenvalue weighted by atomic mass is 9.79. The van der Waals surface area contributed by atoms with Crippen LogP contribution < -0.4 is 5.43 Å². The van der Waals surface area contributed by atoms with E-state index in [0.29, 0.717) is 12.0 Å². The van der Waals surface area contributed by atoms with Crippen molar-refractivity contribution < 1.29 is 82.2 Å². The van der Waals surface area contributed by atoms with Gasteiger partial charge in [-0.2, -0.15) is 0 Å². The Morgan fingerprint density at radius 3 is 2.08 bits per heavy atom. The number of hydrogen-bond donors (Lipinski definition) is 5. The highest BCUT2D eigenvalue weighted by Gasteiger charge is 2.48. The Morgan fingerprint density at radius 1 is 0.846 bits per heavy atom. The standard InChI is InChI=1S/C45H77N3O17/c1-13-33-30(23-61-43-41(58-12)40(57-11)37(53)28(8)63-43)20-24(4)16-17-31(49)25(5)21-29(18-19-48(45(56)60-15-3)46-44(55)59-14-2)39(26(6)32(50)22-34(51)64-33)65-42-38(54)35(47(9)10)36(52)27(7)62-42/h16-17,20,25-30,32-33,35-43,50,52-54H,13-15,18-19,21-23H2,1-12H3,(H,46,55)/b17-16+,24-20+/t25-,26+,27-,28-,29+,30-,32-,33-,35+,36-,37-,38-,39-,40-,41-,42+,43-/m1/s1. The zero-order valence-electron chi connectivity index (χ0n) is 40.2. The van der Waals surface area contributed by atoms with Crippen molar-refractivity contribution in [3.63, 3.8) is 0 Å². The highest BCUT2D eigenvalue weighted by molar-refractivity contribution is 5.91. The van der Waals surface area contributed by atoms with Gasteiger partial charge in [0.25, 0.3) is 0 Å². The smallest absolute Gasteiger partial charge is 0.428 e. The van der Waals surface area contributed by atoms with Crippen molar-refractivity contribution in [1.29, 1.82) is 0 Å². The molecule has 0 aromatic carbocycles. The number of cyclic esters (lactones) is 1. The molecule has 0 bridgehead atoms. The van der Waals surface area contributed by atoms with Crippen LogP contribution >= 0.6 is 0 Å². The number of nitrogens with one attached hydrogen (secondary N) is 1. The van der Waals surface area contributed by atoms with Crippen LogP contribution in [0.25, 0.3) is 0 Å². The molecule has 3 aliphatic rings. The van der Waals surface area contributed by atoms with Gasteiger partial charge in [0.1, 0.15) is 30.5 Å². The number of hydrogen-bond acceptors (Lipinski definition) is 18. The minimum atomic E-state index is -1.41. The summed E-state index contributed by atoms with van der Waals surface area (Å²) in [6.07, 6.45) is -8.82. The molecule has 3 aliphatic heterocycles. The Hall–Kier alpha value is -3.28. The second-order valence-corrected chi connectivity index (χ2v) is 17.4. The normalized spacial score (nSPS) is 38.0. The second-order valence-electron chi connectivity index (χ2n) is 17.4. The summed E-state index contributed by atoms with van der Waals surface area (Å²) in [5, 5.41) is 46.2. The van der Waals surface area contributed by atoms with Crippen molar-refractivity contribution in [2.45, 2.75) is 161 Å². The summed E-state index contributed by atoms with van der Waals surface area (Å²) in [6, 6.07) is -0.817. The molecule has 3 heterocycles. The number of amides is 2. The highest BCUT2D eigenvalue weighted by atomic mass is 16.7. The fourth-order valence-electron chi connectivity index (χ4n) is 8.65. The predicted octanol–water partition coefficient (Wildman–Crippen LogP) is 2.48. The molecular weight excluding hydrogens is 854 g/mol. The molecule has 20 nitrogen and oxygen atoms in total. The van der Waals surface area contributed by atoms with Crippen molar-refractivity contribution in [2.75, 3.05) is 54.7 Å². The molecule has 5 N–H and O–H groups in total. The first-order valence-corrected chi connectivity index (χ1v) is 22.7. The number of likely N-dealkylation sites (N-methyl/N-ethyl adjacent to an activating group) is 1. The van der Waals surface area contributed by atoms with Gasteiger partial charge < -0.3 is 68.0 Å². The summed E-state index contributed by atoms with van der Waals surface area (Å²) in [7, 11) is 6.30. The summed E-state index contributed by atoms with van der Waals surface area (Å²) in [5.41, 5.74) is 3.06. The molecule has 0 unspecified atom stereocenters. The van der Waals surface area contributed by atoms with Crippen LogP contribution in [0.5, 0.6) is 0 Å². The Labute approximate surface area is 383 Å². The summed E-state index contributed by atoms with van der Waals surface area (Å²) >= 11 is 0. The number of aliphatic hydroxyl groups is 4. The van der Waals surface area contributed by atoms with E-state index in [1.54, 1.807) is 73.5 Å². The summed E-state index contributed by atoms with van der Waals surface area (Å²) in [6.45, 7) is 13.4. The molecule has 65 heavy (non-hydrogen) atoms. The predicted molar refractivity (Wildman–Crippen MR) is 234 cm³/mol. The number of hydrazine groups is 1. The molecule has 0 spiro atoms. The SMILES string of the molecule is CCOC(=O)NN(CC[C@H]1C[C@@H](C)C(=O)/C=C/C(C)=C/[C@H](CO[C@@H]2O[C@H](C)[C@@H](O)[C@@H](OC)[C@H]2OC)[C@@H](CC)OC(=O)C[C@@H](O)[C@H](C)[C@H]1O[C@@H]1O[C@H](C)[C@@H](O)[C@H](N(C)C)[C@H]1O)C(=O)OCC. The average Bonchev–Trinajstić information content (AvgIpc) is 3.25. The minimum Gasteiger partial charge on any atom is -0.462 e. The first-order valence-electron chi connectivity index (χ1n) is 22.7. The molecular formula is C45H77N3O17. The topological polar surface area (TPSA) is 251 Å². The Bertz CT molecular complexity index is 1570. The number of ketones is 1. The Kier molecular flexibility index (Phi) is 23.2. The zero-order valence-corrected chi connectivity index (χ0v) is 40.2. The van der Waals surface area contributed by atoms with Crippen molar-refractivity contribution in [3.05, 3.63) is 23.8 Å². The fourth-order valence-corrected chi connectivity index (χ4v) is 8.65. The number of carbonyl (C=O) groups excluding carboxylic acids is 4. The van der Waals surface area contributed by atoms with Crippen LogP contribution in [0.15, 0.2) is 23.8 Å². The third-order valence-corrected chi connectivity index (χ3v) is 12.4. The van der Waals surface area contributed by atoms with Crippen LogP contribution in [-0.2, 0) is 52.2 Å². The molecule has 17 atom stereocenters. The lowest BCUT2D eigenvalue weighted by Crippen LogP contribution is -2.63. The Morgan fingerprint density at radius 2 is 1.48 bits per heavy atom. The van der Waals surface area contributed by atoms with Crippen molar-refractivity contribution >= 4 is 23.9 Å². The lowest BCUT2D eigenvalue weighted by Gasteiger charge is -2.46. The van der Waals surface area contributed by atoms with Gasteiger partial charge in [-0.05, 0) is 80.0 Å². The Balaban J connectivity index is 2.09. The first-order chi connectivity index (χ1) is 30.7. The van der Waals surface area contributed by atoms with Crippen molar-refractivity contribution in [2.24, 2.45) is 23.7 Å². The largest absolute Gasteiger partial charge is 0.462 e. The molecule has 0 radical (unpaired) electrons. The first kappa shape index (κ1) is 56.0. The van der Waals surface area contributed by atoms with Crippen LogP contribution in [-0.4, -0.2) is 189 Å². The van der Waals surface area contributed by atoms with E-state index < -0.39 is 128 Å². The van der Waals surface area contributed by atoms with Gasteiger partial charge in [-0.15, -0.1) is 0 Å². The minimum absolute atomic E-state index is 0.00299. The molecule has 0 aliphatic carbocycles. The van der Waals surface area contributed by atoms with E-state index in [4.69, 9.17) is 42.6 Å². The molecule has 2 fully saturated rings. The number of ether oxygens (including phenoxy) is 9. The summed E-state index contributed by atoms with van der Waals surface area (Å²) in [4.78, 5) is 55.2. The third-order valence-electron chi connectivity index (χ3n) is 12.4. The maximum Gasteiger partial charge on any atom is 0.428 e. The number of nitrogens with zero attached hydrogens (tertiary/aromatic N) is 2. The van der Waals surface area contributed by atoms with Gasteiger partial charge >= 0.3 is 18.2 Å². The molecule has 3 rings (SSSR count). The number of allylic oxidation sites excluding steroid dienone is 3. The molecule has 20 heteroatoms. The van der Waals surface area contributed by atoms with Gasteiger partial charge in [0.15, 0.2) is 18.4 Å². The molecule has 0 aromatic rings. The number of esters is 1. The van der Waals surface area contributed by atoms with Gasteiger partial charge in [0.2, 0.25) is 0 Å². The monoisotopic (exact) mass is 932 g/mol. The number of rotatable bonds is 14. The van der Waals surface area contributed by atoms with E-state index in [-0.39, 0.29) is 45.0 Å².